The van der Waals surface area contributed by atoms with Gasteiger partial charge in [-0.05, 0) is 18.2 Å². The van der Waals surface area contributed by atoms with Crippen LogP contribution in [0.25, 0.3) is 10.9 Å². The molecule has 0 fully saturated rings. The number of fused-ring (bicyclic) bond motifs is 1. The van der Waals surface area contributed by atoms with Gasteiger partial charge in [0, 0.05) is 43.2 Å². The predicted molar refractivity (Wildman–Crippen MR) is 110 cm³/mol. The molecule has 0 aliphatic heterocycles. The van der Waals surface area contributed by atoms with Crippen molar-refractivity contribution in [2.75, 3.05) is 11.9 Å². The Hall–Kier alpha value is -4.09. The van der Waals surface area contributed by atoms with Crippen molar-refractivity contribution < 1.29 is 27.7 Å². The Morgan fingerprint density at radius 3 is 2.53 bits per heavy atom. The zero-order valence-corrected chi connectivity index (χ0v) is 16.7. The first-order chi connectivity index (χ1) is 15.1. The molecule has 2 aromatic carbocycles. The van der Waals surface area contributed by atoms with Crippen molar-refractivity contribution in [3.63, 3.8) is 0 Å². The van der Waals surface area contributed by atoms with Gasteiger partial charge in [0.05, 0.1) is 16.1 Å². The lowest BCUT2D eigenvalue weighted by Gasteiger charge is -2.11. The molecule has 0 aliphatic carbocycles. The van der Waals surface area contributed by atoms with Crippen LogP contribution in [-0.4, -0.2) is 27.8 Å². The van der Waals surface area contributed by atoms with Crippen molar-refractivity contribution in [1.82, 2.24) is 15.4 Å². The van der Waals surface area contributed by atoms with Gasteiger partial charge in [0.1, 0.15) is 5.69 Å². The number of aromatic nitrogens is 1. The van der Waals surface area contributed by atoms with Crippen molar-refractivity contribution in [1.29, 1.82) is 0 Å². The van der Waals surface area contributed by atoms with Crippen LogP contribution in [0.2, 0.25) is 0 Å². The standard InChI is InChI=1S/C20H18F3N5O4/c1-27-11-14(13-4-2-3-5-16(13)27)19(30)26-25-18(29)8-9-24-15-7-6-12(20(21,22)23)10-17(15)28(31)32/h2-7,10-11,24H,8-9H2,1H3,(H,25,29)(H,26,30). The number of para-hydroxylation sites is 1. The molecule has 1 heterocycles. The summed E-state index contributed by atoms with van der Waals surface area (Å²) in [6, 6.07) is 9.29. The van der Waals surface area contributed by atoms with E-state index in [4.69, 9.17) is 0 Å². The summed E-state index contributed by atoms with van der Waals surface area (Å²) in [4.78, 5) is 34.5. The summed E-state index contributed by atoms with van der Waals surface area (Å²) in [7, 11) is 1.78. The minimum absolute atomic E-state index is 0.109. The van der Waals surface area contributed by atoms with Crippen molar-refractivity contribution in [3.8, 4) is 0 Å². The van der Waals surface area contributed by atoms with Crippen molar-refractivity contribution >= 4 is 34.1 Å². The number of rotatable bonds is 6. The molecular weight excluding hydrogens is 431 g/mol. The second kappa shape index (κ2) is 8.96. The Morgan fingerprint density at radius 2 is 1.84 bits per heavy atom. The Kier molecular flexibility index (Phi) is 6.32. The van der Waals surface area contributed by atoms with Crippen LogP contribution in [-0.2, 0) is 18.0 Å². The fourth-order valence-electron chi connectivity index (χ4n) is 3.10. The van der Waals surface area contributed by atoms with E-state index in [1.807, 2.05) is 12.1 Å². The van der Waals surface area contributed by atoms with Crippen LogP contribution in [0.15, 0.2) is 48.7 Å². The highest BCUT2D eigenvalue weighted by atomic mass is 19.4. The van der Waals surface area contributed by atoms with Crippen molar-refractivity contribution in [3.05, 3.63) is 69.9 Å². The van der Waals surface area contributed by atoms with Gasteiger partial charge < -0.3 is 9.88 Å². The molecule has 0 spiro atoms. The average molecular weight is 449 g/mol. The Labute approximate surface area is 179 Å². The second-order valence-electron chi connectivity index (χ2n) is 6.84. The molecule has 12 heteroatoms. The molecule has 0 unspecified atom stereocenters. The minimum Gasteiger partial charge on any atom is -0.379 e. The number of nitrogens with one attached hydrogen (secondary N) is 3. The van der Waals surface area contributed by atoms with E-state index in [0.717, 1.165) is 11.6 Å². The molecule has 0 saturated carbocycles. The average Bonchev–Trinajstić information content (AvgIpc) is 3.08. The zero-order chi connectivity index (χ0) is 23.5. The number of amides is 2. The van der Waals surface area contributed by atoms with Gasteiger partial charge in [-0.3, -0.25) is 30.6 Å². The number of anilines is 1. The molecular formula is C20H18F3N5O4. The Bertz CT molecular complexity index is 1190. The highest BCUT2D eigenvalue weighted by molar-refractivity contribution is 6.07. The molecule has 3 rings (SSSR count). The number of nitro groups is 1. The monoisotopic (exact) mass is 449 g/mol. The van der Waals surface area contributed by atoms with E-state index in [2.05, 4.69) is 16.2 Å². The van der Waals surface area contributed by atoms with Gasteiger partial charge in [-0.1, -0.05) is 18.2 Å². The Morgan fingerprint density at radius 1 is 1.12 bits per heavy atom. The zero-order valence-electron chi connectivity index (χ0n) is 16.7. The molecule has 0 saturated heterocycles. The summed E-state index contributed by atoms with van der Waals surface area (Å²) in [6.07, 6.45) is -3.29. The first-order valence-electron chi connectivity index (χ1n) is 9.30. The maximum Gasteiger partial charge on any atom is 0.416 e. The molecule has 168 valence electrons. The van der Waals surface area contributed by atoms with E-state index >= 15 is 0 Å². The highest BCUT2D eigenvalue weighted by Gasteiger charge is 2.33. The van der Waals surface area contributed by atoms with E-state index in [1.54, 1.807) is 29.9 Å². The third kappa shape index (κ3) is 4.96. The lowest BCUT2D eigenvalue weighted by molar-refractivity contribution is -0.384. The molecule has 2 amide bonds. The first kappa shape index (κ1) is 22.6. The van der Waals surface area contributed by atoms with Crippen molar-refractivity contribution in [2.24, 2.45) is 7.05 Å². The summed E-state index contributed by atoms with van der Waals surface area (Å²) in [5.41, 5.74) is 3.67. The van der Waals surface area contributed by atoms with Gasteiger partial charge in [0.2, 0.25) is 5.91 Å². The fraction of sp³-hybridized carbons (Fsp3) is 0.200. The summed E-state index contributed by atoms with van der Waals surface area (Å²) >= 11 is 0. The summed E-state index contributed by atoms with van der Waals surface area (Å²) in [5.74, 6) is -1.12. The van der Waals surface area contributed by atoms with Gasteiger partial charge in [-0.15, -0.1) is 0 Å². The third-order valence-corrected chi connectivity index (χ3v) is 4.65. The molecule has 0 bridgehead atoms. The topological polar surface area (TPSA) is 118 Å². The van der Waals surface area contributed by atoms with Crippen LogP contribution in [0.4, 0.5) is 24.5 Å². The van der Waals surface area contributed by atoms with E-state index in [1.165, 1.54) is 0 Å². The van der Waals surface area contributed by atoms with Crippen LogP contribution in [0.3, 0.4) is 0 Å². The van der Waals surface area contributed by atoms with Gasteiger partial charge in [-0.2, -0.15) is 13.2 Å². The number of alkyl halides is 3. The van der Waals surface area contributed by atoms with Crippen LogP contribution in [0, 0.1) is 10.1 Å². The SMILES string of the molecule is Cn1cc(C(=O)NNC(=O)CCNc2ccc(C(F)(F)F)cc2[N+](=O)[O-])c2ccccc21. The number of hydrazine groups is 1. The van der Waals surface area contributed by atoms with E-state index in [-0.39, 0.29) is 18.7 Å². The maximum absolute atomic E-state index is 12.7. The minimum atomic E-state index is -4.72. The normalized spacial score (nSPS) is 11.2. The largest absolute Gasteiger partial charge is 0.416 e. The summed E-state index contributed by atoms with van der Waals surface area (Å²) in [5, 5.41) is 14.3. The lowest BCUT2D eigenvalue weighted by Crippen LogP contribution is -2.42. The van der Waals surface area contributed by atoms with E-state index in [0.29, 0.717) is 23.1 Å². The van der Waals surface area contributed by atoms with Gasteiger partial charge in [0.15, 0.2) is 0 Å². The number of carbonyl (C=O) groups excluding carboxylic acids is 2. The Balaban J connectivity index is 1.55. The molecule has 9 nitrogen and oxygen atoms in total. The highest BCUT2D eigenvalue weighted by Crippen LogP contribution is 2.34. The summed E-state index contributed by atoms with van der Waals surface area (Å²) < 4.78 is 40.0. The first-order valence-corrected chi connectivity index (χ1v) is 9.30. The summed E-state index contributed by atoms with van der Waals surface area (Å²) in [6.45, 7) is -0.109. The number of hydrogen-bond donors (Lipinski definition) is 3. The van der Waals surface area contributed by atoms with Crippen LogP contribution >= 0.6 is 0 Å². The van der Waals surface area contributed by atoms with Crippen LogP contribution in [0.5, 0.6) is 0 Å². The smallest absolute Gasteiger partial charge is 0.379 e. The lowest BCUT2D eigenvalue weighted by atomic mass is 10.1. The van der Waals surface area contributed by atoms with E-state index < -0.39 is 34.2 Å². The number of hydrogen-bond acceptors (Lipinski definition) is 5. The molecule has 3 aromatic rings. The fourth-order valence-corrected chi connectivity index (χ4v) is 3.10. The van der Waals surface area contributed by atoms with Gasteiger partial charge in [-0.25, -0.2) is 0 Å². The number of nitro benzene ring substituents is 1. The second-order valence-corrected chi connectivity index (χ2v) is 6.84. The molecule has 32 heavy (non-hydrogen) atoms. The molecule has 3 N–H and O–H groups in total. The van der Waals surface area contributed by atoms with Crippen molar-refractivity contribution in [2.45, 2.75) is 12.6 Å². The predicted octanol–water partition coefficient (Wildman–Crippen LogP) is 3.37. The third-order valence-electron chi connectivity index (χ3n) is 4.65. The number of nitrogens with zero attached hydrogens (tertiary/aromatic N) is 2. The molecule has 0 radical (unpaired) electrons. The number of aryl methyl sites for hydroxylation is 1. The van der Waals surface area contributed by atoms with Crippen LogP contribution in [0.1, 0.15) is 22.3 Å². The number of benzene rings is 2. The molecule has 0 aliphatic rings. The van der Waals surface area contributed by atoms with E-state index in [9.17, 15) is 32.9 Å². The molecule has 0 atom stereocenters. The number of halogens is 3. The quantitative estimate of drug-likeness (QED) is 0.394. The van der Waals surface area contributed by atoms with Crippen LogP contribution < -0.4 is 16.2 Å². The maximum atomic E-state index is 12.7. The molecule has 1 aromatic heterocycles. The van der Waals surface area contributed by atoms with Gasteiger partial charge in [0.25, 0.3) is 11.6 Å². The number of carbonyl (C=O) groups is 2. The van der Waals surface area contributed by atoms with Gasteiger partial charge >= 0.3 is 6.18 Å².